The fourth-order valence-electron chi connectivity index (χ4n) is 4.27. The second-order valence-electron chi connectivity index (χ2n) is 9.05. The van der Waals surface area contributed by atoms with Crippen molar-refractivity contribution in [3.05, 3.63) is 108 Å². The molecule has 0 aliphatic heterocycles. The second-order valence-corrected chi connectivity index (χ2v) is 9.05. The van der Waals surface area contributed by atoms with E-state index < -0.39 is 5.60 Å². The van der Waals surface area contributed by atoms with Crippen LogP contribution in [-0.2, 0) is 38.8 Å². The van der Waals surface area contributed by atoms with Crippen LogP contribution >= 0.6 is 0 Å². The Balaban J connectivity index is 1.33. The molecule has 3 aromatic rings. The maximum atomic E-state index is 11.2. The molecule has 0 spiro atoms. The topological polar surface area (TPSA) is 72.5 Å². The Morgan fingerprint density at radius 3 is 1.25 bits per heavy atom. The number of carbonyl (C=O) groups is 1. The van der Waals surface area contributed by atoms with Crippen molar-refractivity contribution in [2.24, 2.45) is 0 Å². The summed E-state index contributed by atoms with van der Waals surface area (Å²) >= 11 is 0. The van der Waals surface area contributed by atoms with Crippen LogP contribution in [0.2, 0.25) is 0 Å². The summed E-state index contributed by atoms with van der Waals surface area (Å²) in [6, 6.07) is 30.9. The average molecular weight is 551 g/mol. The number of hydrogen-bond acceptors (Lipinski definition) is 7. The predicted octanol–water partition coefficient (Wildman–Crippen LogP) is 5.40. The zero-order valence-corrected chi connectivity index (χ0v) is 23.5. The molecule has 0 aliphatic carbocycles. The minimum Gasteiger partial charge on any atom is -0.463 e. The van der Waals surface area contributed by atoms with E-state index in [0.29, 0.717) is 65.9 Å². The van der Waals surface area contributed by atoms with E-state index >= 15 is 0 Å². The maximum absolute atomic E-state index is 11.2. The quantitative estimate of drug-likeness (QED) is 0.0998. The zero-order valence-electron chi connectivity index (χ0n) is 23.5. The molecule has 0 radical (unpaired) electrons. The fraction of sp³-hybridized carbons (Fsp3) is 0.424. The molecule has 0 aromatic heterocycles. The van der Waals surface area contributed by atoms with E-state index in [0.717, 1.165) is 23.1 Å². The average Bonchev–Trinajstić information content (AvgIpc) is 3.00. The molecular weight excluding hydrogens is 508 g/mol. The van der Waals surface area contributed by atoms with Crippen LogP contribution in [0.25, 0.3) is 0 Å². The Kier molecular flexibility index (Phi) is 15.0. The summed E-state index contributed by atoms with van der Waals surface area (Å²) in [6.07, 6.45) is 1.23. The molecule has 0 unspecified atom stereocenters. The van der Waals surface area contributed by atoms with Crippen molar-refractivity contribution in [2.75, 3.05) is 66.1 Å². The standard InChI is InChI=1S/C33H42O7/c1-2-12-32(34)39-27-25-37-23-21-35-19-20-36-22-24-38-26-28-40-33(29-13-6-3-7-14-29,30-15-8-4-9-16-30)31-17-10-5-11-18-31/h3-11,13-18H,2,12,19-28H2,1H3. The van der Waals surface area contributed by atoms with Crippen molar-refractivity contribution < 1.29 is 33.2 Å². The first kappa shape index (κ1) is 31.5. The largest absolute Gasteiger partial charge is 0.463 e. The normalized spacial score (nSPS) is 11.4. The smallest absolute Gasteiger partial charge is 0.305 e. The van der Waals surface area contributed by atoms with Gasteiger partial charge in [0.1, 0.15) is 12.2 Å². The van der Waals surface area contributed by atoms with Gasteiger partial charge in [-0.05, 0) is 23.1 Å². The van der Waals surface area contributed by atoms with Crippen molar-refractivity contribution in [2.45, 2.75) is 25.4 Å². The van der Waals surface area contributed by atoms with Gasteiger partial charge in [0.25, 0.3) is 0 Å². The fourth-order valence-corrected chi connectivity index (χ4v) is 4.27. The molecule has 3 aromatic carbocycles. The Morgan fingerprint density at radius 2 is 0.875 bits per heavy atom. The number of carbonyl (C=O) groups excluding carboxylic acids is 1. The van der Waals surface area contributed by atoms with E-state index in [-0.39, 0.29) is 12.6 Å². The number of esters is 1. The SMILES string of the molecule is CCCC(=O)OCCOCCOCCOCCOCCOC(c1ccccc1)(c1ccccc1)c1ccccc1. The molecule has 0 amide bonds. The summed E-state index contributed by atoms with van der Waals surface area (Å²) in [5.41, 5.74) is 2.45. The highest BCUT2D eigenvalue weighted by atomic mass is 16.6. The summed E-state index contributed by atoms with van der Waals surface area (Å²) in [7, 11) is 0. The first-order valence-corrected chi connectivity index (χ1v) is 14.0. The predicted molar refractivity (Wildman–Crippen MR) is 154 cm³/mol. The van der Waals surface area contributed by atoms with Crippen molar-refractivity contribution >= 4 is 5.97 Å². The summed E-state index contributed by atoms with van der Waals surface area (Å²) < 4.78 is 34.0. The van der Waals surface area contributed by atoms with Crippen LogP contribution in [0.15, 0.2) is 91.0 Å². The molecule has 0 saturated carbocycles. The summed E-state index contributed by atoms with van der Waals surface area (Å²) in [4.78, 5) is 11.2. The van der Waals surface area contributed by atoms with Crippen LogP contribution < -0.4 is 0 Å². The van der Waals surface area contributed by atoms with Crippen molar-refractivity contribution in [3.8, 4) is 0 Å². The molecule has 0 aliphatic rings. The van der Waals surface area contributed by atoms with Gasteiger partial charge in [-0.3, -0.25) is 4.79 Å². The second kappa shape index (κ2) is 19.1. The Hall–Kier alpha value is -3.07. The van der Waals surface area contributed by atoms with Crippen LogP contribution in [0.5, 0.6) is 0 Å². The van der Waals surface area contributed by atoms with Gasteiger partial charge in [0, 0.05) is 6.42 Å². The van der Waals surface area contributed by atoms with Crippen molar-refractivity contribution in [1.82, 2.24) is 0 Å². The molecule has 0 atom stereocenters. The van der Waals surface area contributed by atoms with Gasteiger partial charge < -0.3 is 28.4 Å². The molecule has 0 saturated heterocycles. The van der Waals surface area contributed by atoms with Gasteiger partial charge in [-0.2, -0.15) is 0 Å². The van der Waals surface area contributed by atoms with Crippen LogP contribution in [0, 0.1) is 0 Å². The van der Waals surface area contributed by atoms with Gasteiger partial charge in [0.15, 0.2) is 0 Å². The lowest BCUT2D eigenvalue weighted by molar-refractivity contribution is -0.145. The maximum Gasteiger partial charge on any atom is 0.305 e. The number of ether oxygens (including phenoxy) is 6. The van der Waals surface area contributed by atoms with Crippen LogP contribution in [0.3, 0.4) is 0 Å². The summed E-state index contributed by atoms with van der Waals surface area (Å²) in [5.74, 6) is -0.185. The Morgan fingerprint density at radius 1 is 0.525 bits per heavy atom. The van der Waals surface area contributed by atoms with E-state index in [2.05, 4.69) is 36.4 Å². The summed E-state index contributed by atoms with van der Waals surface area (Å²) in [6.45, 7) is 6.27. The first-order chi connectivity index (χ1) is 19.8. The van der Waals surface area contributed by atoms with Crippen LogP contribution in [-0.4, -0.2) is 72.0 Å². The van der Waals surface area contributed by atoms with Crippen LogP contribution in [0.4, 0.5) is 0 Å². The highest BCUT2D eigenvalue weighted by Gasteiger charge is 2.37. The third kappa shape index (κ3) is 10.5. The Bertz CT molecular complexity index is 948. The van der Waals surface area contributed by atoms with Gasteiger partial charge in [0.05, 0.1) is 59.5 Å². The third-order valence-corrected chi connectivity index (χ3v) is 6.15. The monoisotopic (exact) mass is 550 g/mol. The van der Waals surface area contributed by atoms with E-state index in [4.69, 9.17) is 28.4 Å². The van der Waals surface area contributed by atoms with E-state index in [1.807, 2.05) is 61.5 Å². The van der Waals surface area contributed by atoms with E-state index in [9.17, 15) is 4.79 Å². The first-order valence-electron chi connectivity index (χ1n) is 14.0. The lowest BCUT2D eigenvalue weighted by Gasteiger charge is -2.36. The highest BCUT2D eigenvalue weighted by molar-refractivity contribution is 5.69. The molecule has 7 heteroatoms. The lowest BCUT2D eigenvalue weighted by atomic mass is 9.80. The minimum atomic E-state index is -0.746. The molecule has 0 fully saturated rings. The third-order valence-electron chi connectivity index (χ3n) is 6.15. The van der Waals surface area contributed by atoms with Crippen molar-refractivity contribution in [3.63, 3.8) is 0 Å². The Labute approximate surface area is 238 Å². The van der Waals surface area contributed by atoms with Gasteiger partial charge in [-0.15, -0.1) is 0 Å². The van der Waals surface area contributed by atoms with Gasteiger partial charge in [0.2, 0.25) is 0 Å². The van der Waals surface area contributed by atoms with E-state index in [1.165, 1.54) is 0 Å². The summed E-state index contributed by atoms with van der Waals surface area (Å²) in [5, 5.41) is 0. The zero-order chi connectivity index (χ0) is 28.1. The molecule has 0 N–H and O–H groups in total. The highest BCUT2D eigenvalue weighted by Crippen LogP contribution is 2.40. The molecule has 216 valence electrons. The number of benzene rings is 3. The molecule has 0 heterocycles. The van der Waals surface area contributed by atoms with Gasteiger partial charge in [-0.1, -0.05) is 97.9 Å². The van der Waals surface area contributed by atoms with Gasteiger partial charge in [-0.25, -0.2) is 0 Å². The van der Waals surface area contributed by atoms with Crippen LogP contribution in [0.1, 0.15) is 36.5 Å². The van der Waals surface area contributed by atoms with Gasteiger partial charge >= 0.3 is 5.97 Å². The number of rotatable bonds is 21. The number of hydrogen-bond donors (Lipinski definition) is 0. The molecule has 0 bridgehead atoms. The minimum absolute atomic E-state index is 0.185. The molecule has 40 heavy (non-hydrogen) atoms. The van der Waals surface area contributed by atoms with E-state index in [1.54, 1.807) is 0 Å². The lowest BCUT2D eigenvalue weighted by Crippen LogP contribution is -2.34. The van der Waals surface area contributed by atoms with Crippen molar-refractivity contribution in [1.29, 1.82) is 0 Å². The molecule has 3 rings (SSSR count). The molecular formula is C33H42O7. The molecule has 7 nitrogen and oxygen atoms in total.